The van der Waals surface area contributed by atoms with Crippen LogP contribution >= 0.6 is 11.6 Å². The Bertz CT molecular complexity index is 740. The molecule has 2 aromatic rings. The molecule has 0 saturated carbocycles. The Hall–Kier alpha value is -2.33. The van der Waals surface area contributed by atoms with E-state index in [1.165, 1.54) is 4.90 Å². The molecule has 0 bridgehead atoms. The van der Waals surface area contributed by atoms with Crippen molar-refractivity contribution >= 4 is 23.5 Å². The lowest BCUT2D eigenvalue weighted by Crippen LogP contribution is -2.33. The first-order valence-electron chi connectivity index (χ1n) is 7.79. The van der Waals surface area contributed by atoms with Crippen LogP contribution in [0.5, 0.6) is 0 Å². The van der Waals surface area contributed by atoms with Gasteiger partial charge in [0, 0.05) is 11.4 Å². The van der Waals surface area contributed by atoms with E-state index in [-0.39, 0.29) is 31.4 Å². The van der Waals surface area contributed by atoms with Gasteiger partial charge in [-0.05, 0) is 30.2 Å². The minimum Gasteiger partial charge on any atom is -0.447 e. The van der Waals surface area contributed by atoms with E-state index in [4.69, 9.17) is 16.3 Å². The first-order valence-corrected chi connectivity index (χ1v) is 8.17. The summed E-state index contributed by atoms with van der Waals surface area (Å²) >= 11 is 5.85. The van der Waals surface area contributed by atoms with Crippen molar-refractivity contribution in [3.8, 4) is 0 Å². The number of ether oxygens (including phenoxy) is 1. The van der Waals surface area contributed by atoms with Gasteiger partial charge >= 0.3 is 6.09 Å². The summed E-state index contributed by atoms with van der Waals surface area (Å²) in [6.07, 6.45) is -0.174. The molecule has 2 aromatic carbocycles. The zero-order chi connectivity index (χ0) is 17.1. The summed E-state index contributed by atoms with van der Waals surface area (Å²) in [6.45, 7) is 2.32. The van der Waals surface area contributed by atoms with Crippen molar-refractivity contribution in [3.05, 3.63) is 70.2 Å². The molecule has 0 N–H and O–H groups in total. The molecule has 1 aliphatic rings. The number of rotatable bonds is 5. The second kappa shape index (κ2) is 7.05. The van der Waals surface area contributed by atoms with Crippen LogP contribution in [0.3, 0.4) is 0 Å². The molecule has 124 valence electrons. The molecule has 3 rings (SSSR count). The maximum absolute atomic E-state index is 12.3. The third-order valence-electron chi connectivity index (χ3n) is 4.10. The minimum atomic E-state index is -0.440. The minimum absolute atomic E-state index is 0.0340. The van der Waals surface area contributed by atoms with E-state index in [0.29, 0.717) is 5.02 Å². The zero-order valence-electron chi connectivity index (χ0n) is 13.4. The maximum atomic E-state index is 12.3. The zero-order valence-corrected chi connectivity index (χ0v) is 14.1. The van der Waals surface area contributed by atoms with Crippen molar-refractivity contribution in [1.29, 1.82) is 0 Å². The van der Waals surface area contributed by atoms with Gasteiger partial charge in [0.05, 0.1) is 12.6 Å². The molecule has 5 heteroatoms. The molecule has 1 saturated heterocycles. The second-order valence-electron chi connectivity index (χ2n) is 5.97. The standard InChI is InChI=1S/C19H18ClNO3/c1-13-2-6-15(7-3-13)18-12-24-19(23)21(18)11-17(22)10-14-4-8-16(20)9-5-14/h2-9,18H,10-12H2,1H3. The molecule has 24 heavy (non-hydrogen) atoms. The van der Waals surface area contributed by atoms with E-state index in [9.17, 15) is 9.59 Å². The van der Waals surface area contributed by atoms with Crippen molar-refractivity contribution < 1.29 is 14.3 Å². The van der Waals surface area contributed by atoms with E-state index in [2.05, 4.69) is 0 Å². The number of Topliss-reactive ketones (excluding diaryl/α,β-unsaturated/α-hetero) is 1. The molecule has 4 nitrogen and oxygen atoms in total. The number of carbonyl (C=O) groups is 2. The Morgan fingerprint density at radius 1 is 1.17 bits per heavy atom. The van der Waals surface area contributed by atoms with Gasteiger partial charge < -0.3 is 4.74 Å². The smallest absolute Gasteiger partial charge is 0.410 e. The average molecular weight is 344 g/mol. The number of nitrogens with zero attached hydrogens (tertiary/aromatic N) is 1. The lowest BCUT2D eigenvalue weighted by Gasteiger charge is -2.21. The van der Waals surface area contributed by atoms with Gasteiger partial charge in [-0.25, -0.2) is 4.79 Å². The number of halogens is 1. The second-order valence-corrected chi connectivity index (χ2v) is 6.41. The third-order valence-corrected chi connectivity index (χ3v) is 4.35. The van der Waals surface area contributed by atoms with Crippen molar-refractivity contribution in [2.45, 2.75) is 19.4 Å². The molecule has 1 unspecified atom stereocenters. The van der Waals surface area contributed by atoms with Gasteiger partial charge in [-0.3, -0.25) is 9.69 Å². The van der Waals surface area contributed by atoms with Crippen molar-refractivity contribution in [1.82, 2.24) is 4.90 Å². The van der Waals surface area contributed by atoms with Gasteiger partial charge in [-0.2, -0.15) is 0 Å². The molecule has 1 aliphatic heterocycles. The summed E-state index contributed by atoms with van der Waals surface area (Å²) < 4.78 is 5.15. The Morgan fingerprint density at radius 2 is 1.83 bits per heavy atom. The Kier molecular flexibility index (Phi) is 4.86. The summed E-state index contributed by atoms with van der Waals surface area (Å²) in [5, 5.41) is 0.633. The molecular formula is C19H18ClNO3. The predicted molar refractivity (Wildman–Crippen MR) is 92.1 cm³/mol. The van der Waals surface area contributed by atoms with Gasteiger partial charge in [0.2, 0.25) is 0 Å². The van der Waals surface area contributed by atoms with Crippen LogP contribution in [0.15, 0.2) is 48.5 Å². The highest BCUT2D eigenvalue weighted by Crippen LogP contribution is 2.27. The lowest BCUT2D eigenvalue weighted by atomic mass is 10.0. The Balaban J connectivity index is 1.69. The van der Waals surface area contributed by atoms with Crippen molar-refractivity contribution in [2.24, 2.45) is 0 Å². The fraction of sp³-hybridized carbons (Fsp3) is 0.263. The van der Waals surface area contributed by atoms with Gasteiger partial charge in [-0.15, -0.1) is 0 Å². The molecule has 0 aliphatic carbocycles. The molecule has 0 spiro atoms. The number of benzene rings is 2. The van der Waals surface area contributed by atoms with Gasteiger partial charge in [0.15, 0.2) is 5.78 Å². The van der Waals surface area contributed by atoms with Gasteiger partial charge in [0.25, 0.3) is 0 Å². The van der Waals surface area contributed by atoms with Crippen LogP contribution in [0.25, 0.3) is 0 Å². The number of aryl methyl sites for hydroxylation is 1. The van der Waals surface area contributed by atoms with Crippen LogP contribution in [-0.2, 0) is 16.0 Å². The van der Waals surface area contributed by atoms with Crippen molar-refractivity contribution in [3.63, 3.8) is 0 Å². The molecule has 1 heterocycles. The summed E-state index contributed by atoms with van der Waals surface area (Å²) in [7, 11) is 0. The number of amides is 1. The van der Waals surface area contributed by atoms with Gasteiger partial charge in [-0.1, -0.05) is 53.6 Å². The first kappa shape index (κ1) is 16.5. The predicted octanol–water partition coefficient (Wildman–Crippen LogP) is 3.95. The highest BCUT2D eigenvalue weighted by molar-refractivity contribution is 6.30. The normalized spacial score (nSPS) is 17.0. The summed E-state index contributed by atoms with van der Waals surface area (Å²) in [5.74, 6) is -0.0340. The Labute approximate surface area is 146 Å². The fourth-order valence-corrected chi connectivity index (χ4v) is 2.89. The third kappa shape index (κ3) is 3.77. The highest BCUT2D eigenvalue weighted by Gasteiger charge is 2.35. The first-order chi connectivity index (χ1) is 11.5. The average Bonchev–Trinajstić information content (AvgIpc) is 2.91. The SMILES string of the molecule is Cc1ccc(C2COC(=O)N2CC(=O)Cc2ccc(Cl)cc2)cc1. The highest BCUT2D eigenvalue weighted by atomic mass is 35.5. The lowest BCUT2D eigenvalue weighted by molar-refractivity contribution is -0.119. The molecule has 1 fully saturated rings. The molecule has 1 amide bonds. The molecule has 1 atom stereocenters. The van der Waals surface area contributed by atoms with Crippen molar-refractivity contribution in [2.75, 3.05) is 13.2 Å². The Morgan fingerprint density at radius 3 is 2.50 bits per heavy atom. The van der Waals surface area contributed by atoms with E-state index in [1.807, 2.05) is 43.3 Å². The summed E-state index contributed by atoms with van der Waals surface area (Å²) in [5.41, 5.74) is 3.00. The summed E-state index contributed by atoms with van der Waals surface area (Å²) in [6, 6.07) is 14.9. The van der Waals surface area contributed by atoms with Crippen LogP contribution in [-0.4, -0.2) is 29.9 Å². The molecule has 0 aromatic heterocycles. The van der Waals surface area contributed by atoms with Crippen LogP contribution in [0.2, 0.25) is 5.02 Å². The van der Waals surface area contributed by atoms with E-state index in [1.54, 1.807) is 12.1 Å². The number of hydrogen-bond acceptors (Lipinski definition) is 3. The summed E-state index contributed by atoms with van der Waals surface area (Å²) in [4.78, 5) is 25.8. The topological polar surface area (TPSA) is 46.6 Å². The number of ketones is 1. The molecule has 0 radical (unpaired) electrons. The number of carbonyl (C=O) groups excluding carboxylic acids is 2. The van der Waals surface area contributed by atoms with E-state index < -0.39 is 6.09 Å². The molecular weight excluding hydrogens is 326 g/mol. The van der Waals surface area contributed by atoms with Crippen LogP contribution in [0.4, 0.5) is 4.79 Å². The van der Waals surface area contributed by atoms with Crippen LogP contribution in [0, 0.1) is 6.92 Å². The largest absolute Gasteiger partial charge is 0.447 e. The fourth-order valence-electron chi connectivity index (χ4n) is 2.77. The van der Waals surface area contributed by atoms with Crippen LogP contribution < -0.4 is 0 Å². The van der Waals surface area contributed by atoms with E-state index >= 15 is 0 Å². The monoisotopic (exact) mass is 343 g/mol. The van der Waals surface area contributed by atoms with Crippen LogP contribution in [0.1, 0.15) is 22.7 Å². The van der Waals surface area contributed by atoms with Gasteiger partial charge in [0.1, 0.15) is 6.61 Å². The quantitative estimate of drug-likeness (QED) is 0.825. The maximum Gasteiger partial charge on any atom is 0.410 e. The number of cyclic esters (lactones) is 1. The number of hydrogen-bond donors (Lipinski definition) is 0. The van der Waals surface area contributed by atoms with E-state index in [0.717, 1.165) is 16.7 Å².